The highest BCUT2D eigenvalue weighted by molar-refractivity contribution is 4.84. The minimum Gasteiger partial charge on any atom is -0.382 e. The molecule has 1 aliphatic heterocycles. The molecule has 3 atom stereocenters. The third kappa shape index (κ3) is 4.92. The predicted octanol–water partition coefficient (Wildman–Crippen LogP) is 1.11. The molecule has 1 rings (SSSR count). The van der Waals surface area contributed by atoms with Gasteiger partial charge in [-0.25, -0.2) is 0 Å². The summed E-state index contributed by atoms with van der Waals surface area (Å²) < 4.78 is 10.6. The fourth-order valence-corrected chi connectivity index (χ4v) is 2.43. The first-order valence-electron chi connectivity index (χ1n) is 6.70. The lowest BCUT2D eigenvalue weighted by atomic mass is 10.1. The summed E-state index contributed by atoms with van der Waals surface area (Å²) in [6.45, 7) is 8.35. The van der Waals surface area contributed by atoms with E-state index in [4.69, 9.17) is 9.47 Å². The van der Waals surface area contributed by atoms with Crippen LogP contribution in [0.15, 0.2) is 0 Å². The fourth-order valence-electron chi connectivity index (χ4n) is 2.43. The molecule has 17 heavy (non-hydrogen) atoms. The molecule has 0 aromatic carbocycles. The van der Waals surface area contributed by atoms with Crippen molar-refractivity contribution in [3.8, 4) is 0 Å². The Hall–Kier alpha value is -0.160. The highest BCUT2D eigenvalue weighted by Crippen LogP contribution is 2.11. The first kappa shape index (κ1) is 14.9. The van der Waals surface area contributed by atoms with E-state index in [0.29, 0.717) is 18.7 Å². The maximum absolute atomic E-state index is 5.45. The summed E-state index contributed by atoms with van der Waals surface area (Å²) in [7, 11) is 3.49. The van der Waals surface area contributed by atoms with Gasteiger partial charge in [-0.1, -0.05) is 13.3 Å². The van der Waals surface area contributed by atoms with Crippen molar-refractivity contribution in [1.29, 1.82) is 0 Å². The molecule has 0 aromatic rings. The van der Waals surface area contributed by atoms with Gasteiger partial charge >= 0.3 is 0 Å². The van der Waals surface area contributed by atoms with Crippen LogP contribution in [0.2, 0.25) is 0 Å². The van der Waals surface area contributed by atoms with Gasteiger partial charge in [0.2, 0.25) is 0 Å². The second kappa shape index (κ2) is 8.03. The number of methoxy groups -OCH3 is 2. The van der Waals surface area contributed by atoms with Crippen LogP contribution in [0, 0.1) is 0 Å². The van der Waals surface area contributed by atoms with E-state index in [0.717, 1.165) is 19.6 Å². The van der Waals surface area contributed by atoms with Crippen LogP contribution in [-0.2, 0) is 9.47 Å². The normalized spacial score (nSPS) is 28.2. The van der Waals surface area contributed by atoms with Gasteiger partial charge in [0.05, 0.1) is 12.7 Å². The van der Waals surface area contributed by atoms with Crippen molar-refractivity contribution in [1.82, 2.24) is 10.2 Å². The van der Waals surface area contributed by atoms with Crippen LogP contribution in [0.25, 0.3) is 0 Å². The van der Waals surface area contributed by atoms with Gasteiger partial charge in [0.25, 0.3) is 0 Å². The Bertz CT molecular complexity index is 202. The molecule has 1 saturated heterocycles. The molecular weight excluding hydrogens is 216 g/mol. The molecule has 0 spiro atoms. The monoisotopic (exact) mass is 244 g/mol. The molecule has 0 amide bonds. The Labute approximate surface area is 106 Å². The molecule has 1 heterocycles. The van der Waals surface area contributed by atoms with E-state index < -0.39 is 0 Å². The lowest BCUT2D eigenvalue weighted by molar-refractivity contribution is -0.00903. The van der Waals surface area contributed by atoms with Crippen LogP contribution in [0.4, 0.5) is 0 Å². The molecule has 4 nitrogen and oxygen atoms in total. The van der Waals surface area contributed by atoms with E-state index in [9.17, 15) is 0 Å². The van der Waals surface area contributed by atoms with E-state index in [1.54, 1.807) is 14.2 Å². The van der Waals surface area contributed by atoms with E-state index in [1.807, 2.05) is 0 Å². The highest BCUT2D eigenvalue weighted by Gasteiger charge is 2.26. The molecule has 0 saturated carbocycles. The smallest absolute Gasteiger partial charge is 0.0931 e. The van der Waals surface area contributed by atoms with Crippen molar-refractivity contribution in [2.75, 3.05) is 40.5 Å². The third-order valence-electron chi connectivity index (χ3n) is 3.54. The first-order valence-corrected chi connectivity index (χ1v) is 6.70. The van der Waals surface area contributed by atoms with Crippen LogP contribution in [-0.4, -0.2) is 63.5 Å². The Morgan fingerprint density at radius 2 is 2.18 bits per heavy atom. The first-order chi connectivity index (χ1) is 8.21. The molecule has 1 fully saturated rings. The Morgan fingerprint density at radius 3 is 2.76 bits per heavy atom. The average Bonchev–Trinajstić information content (AvgIpc) is 2.33. The molecule has 0 radical (unpaired) electrons. The number of nitrogens with one attached hydrogen (secondary N) is 1. The molecule has 1 N–H and O–H groups in total. The topological polar surface area (TPSA) is 33.7 Å². The number of piperazine rings is 1. The van der Waals surface area contributed by atoms with E-state index in [1.165, 1.54) is 12.8 Å². The predicted molar refractivity (Wildman–Crippen MR) is 70.4 cm³/mol. The minimum atomic E-state index is 0.183. The largest absolute Gasteiger partial charge is 0.382 e. The molecule has 1 aliphatic rings. The van der Waals surface area contributed by atoms with Crippen molar-refractivity contribution in [2.24, 2.45) is 0 Å². The standard InChI is InChI=1S/C13H28N2O2/c1-5-6-12-8-15(11(2)7-14-12)9-13(17-4)10-16-3/h11-14H,5-10H2,1-4H3. The quantitative estimate of drug-likeness (QED) is 0.727. The van der Waals surface area contributed by atoms with Gasteiger partial charge < -0.3 is 14.8 Å². The van der Waals surface area contributed by atoms with E-state index in [-0.39, 0.29) is 6.10 Å². The summed E-state index contributed by atoms with van der Waals surface area (Å²) in [6, 6.07) is 1.22. The number of nitrogens with zero attached hydrogens (tertiary/aromatic N) is 1. The van der Waals surface area contributed by atoms with Gasteiger partial charge in [-0.3, -0.25) is 4.90 Å². The second-order valence-corrected chi connectivity index (χ2v) is 5.01. The van der Waals surface area contributed by atoms with Crippen LogP contribution in [0.5, 0.6) is 0 Å². The summed E-state index contributed by atoms with van der Waals surface area (Å²) >= 11 is 0. The summed E-state index contributed by atoms with van der Waals surface area (Å²) in [5.74, 6) is 0. The number of rotatable bonds is 7. The SMILES string of the molecule is CCCC1CN(CC(COC)OC)C(C)CN1. The Balaban J connectivity index is 2.42. The van der Waals surface area contributed by atoms with Crippen molar-refractivity contribution >= 4 is 0 Å². The maximum Gasteiger partial charge on any atom is 0.0931 e. The number of ether oxygens (including phenoxy) is 2. The van der Waals surface area contributed by atoms with Crippen LogP contribution in [0.1, 0.15) is 26.7 Å². The third-order valence-corrected chi connectivity index (χ3v) is 3.54. The summed E-state index contributed by atoms with van der Waals surface area (Å²) in [5, 5.41) is 3.61. The summed E-state index contributed by atoms with van der Waals surface area (Å²) in [6.07, 6.45) is 2.68. The summed E-state index contributed by atoms with van der Waals surface area (Å²) in [4.78, 5) is 2.52. The van der Waals surface area contributed by atoms with Crippen molar-refractivity contribution in [2.45, 2.75) is 44.9 Å². The summed E-state index contributed by atoms with van der Waals surface area (Å²) in [5.41, 5.74) is 0. The van der Waals surface area contributed by atoms with Crippen LogP contribution < -0.4 is 5.32 Å². The highest BCUT2D eigenvalue weighted by atomic mass is 16.5. The van der Waals surface area contributed by atoms with Crippen molar-refractivity contribution in [3.05, 3.63) is 0 Å². The molecule has 4 heteroatoms. The number of hydrogen-bond donors (Lipinski definition) is 1. The van der Waals surface area contributed by atoms with Gasteiger partial charge in [0.15, 0.2) is 0 Å². The zero-order valence-electron chi connectivity index (χ0n) is 11.7. The van der Waals surface area contributed by atoms with E-state index >= 15 is 0 Å². The van der Waals surface area contributed by atoms with Gasteiger partial charge in [-0.15, -0.1) is 0 Å². The molecule has 3 unspecified atom stereocenters. The second-order valence-electron chi connectivity index (χ2n) is 5.01. The number of hydrogen-bond acceptors (Lipinski definition) is 4. The van der Waals surface area contributed by atoms with Gasteiger partial charge in [0.1, 0.15) is 0 Å². The van der Waals surface area contributed by atoms with Crippen LogP contribution in [0.3, 0.4) is 0 Å². The molecule has 0 bridgehead atoms. The zero-order valence-corrected chi connectivity index (χ0v) is 11.7. The minimum absolute atomic E-state index is 0.183. The molecular formula is C13H28N2O2. The fraction of sp³-hybridized carbons (Fsp3) is 1.00. The molecule has 102 valence electrons. The maximum atomic E-state index is 5.45. The van der Waals surface area contributed by atoms with Crippen LogP contribution >= 0.6 is 0 Å². The molecule has 0 aromatic heterocycles. The Kier molecular flexibility index (Phi) is 7.04. The van der Waals surface area contributed by atoms with Gasteiger partial charge in [0, 0.05) is 45.9 Å². The average molecular weight is 244 g/mol. The van der Waals surface area contributed by atoms with Crippen molar-refractivity contribution in [3.63, 3.8) is 0 Å². The van der Waals surface area contributed by atoms with Crippen molar-refractivity contribution < 1.29 is 9.47 Å². The van der Waals surface area contributed by atoms with Gasteiger partial charge in [-0.05, 0) is 13.3 Å². The van der Waals surface area contributed by atoms with E-state index in [2.05, 4.69) is 24.1 Å². The zero-order chi connectivity index (χ0) is 12.7. The Morgan fingerprint density at radius 1 is 1.41 bits per heavy atom. The molecule has 0 aliphatic carbocycles. The lowest BCUT2D eigenvalue weighted by Gasteiger charge is -2.40. The van der Waals surface area contributed by atoms with Gasteiger partial charge in [-0.2, -0.15) is 0 Å². The lowest BCUT2D eigenvalue weighted by Crippen LogP contribution is -2.57.